The molecule has 4 rings (SSSR count). The van der Waals surface area contributed by atoms with Gasteiger partial charge in [-0.15, -0.1) is 0 Å². The van der Waals surface area contributed by atoms with Crippen LogP contribution in [0.25, 0.3) is 0 Å². The lowest BCUT2D eigenvalue weighted by molar-refractivity contribution is -0.138. The second kappa shape index (κ2) is 11.5. The normalized spacial score (nSPS) is 16.0. The number of nitrogens with one attached hydrogen (secondary N) is 1. The van der Waals surface area contributed by atoms with Crippen LogP contribution in [0.5, 0.6) is 0 Å². The van der Waals surface area contributed by atoms with E-state index in [1.54, 1.807) is 19.0 Å². The first-order valence-electron chi connectivity index (χ1n) is 12.0. The number of nitrogens with two attached hydrogens (primary N) is 1. The van der Waals surface area contributed by atoms with E-state index in [-0.39, 0.29) is 23.4 Å². The summed E-state index contributed by atoms with van der Waals surface area (Å²) in [4.78, 5) is 42.8. The third kappa shape index (κ3) is 5.92. The molecule has 0 spiro atoms. The van der Waals surface area contributed by atoms with E-state index < -0.39 is 0 Å². The number of benzene rings is 2. The summed E-state index contributed by atoms with van der Waals surface area (Å²) in [6.45, 7) is 1.08. The quantitative estimate of drug-likeness (QED) is 0.189. The number of nitrogens with zero attached hydrogens (tertiary/aromatic N) is 3. The Balaban J connectivity index is 1.63. The predicted octanol–water partition coefficient (Wildman–Crippen LogP) is 4.40. The first-order valence-corrected chi connectivity index (χ1v) is 13.9. The van der Waals surface area contributed by atoms with Gasteiger partial charge in [0.25, 0.3) is 5.91 Å². The Hall–Kier alpha value is -2.85. The van der Waals surface area contributed by atoms with Gasteiger partial charge in [0.15, 0.2) is 0 Å². The predicted molar refractivity (Wildman–Crippen MR) is 149 cm³/mol. The number of likely N-dealkylation sites (N-methyl/N-ethyl adjacent to an activating group) is 1. The van der Waals surface area contributed by atoms with Crippen LogP contribution in [0.2, 0.25) is 0 Å². The summed E-state index contributed by atoms with van der Waals surface area (Å²) in [7, 11) is 1.58. The SMILES string of the molecule is CNC(=O)C(=Nc1ccc(Br)cc1)c1cc(C2CC2)c(N(CCCN2C(=O)CCC2=O)SC)cc1N. The van der Waals surface area contributed by atoms with E-state index in [4.69, 9.17) is 5.73 Å². The first-order chi connectivity index (χ1) is 17.3. The molecule has 0 radical (unpaired) electrons. The Bertz CT molecular complexity index is 1180. The highest BCUT2D eigenvalue weighted by Crippen LogP contribution is 2.47. The second-order valence-corrected chi connectivity index (χ2v) is 10.6. The maximum atomic E-state index is 12.8. The molecule has 2 fully saturated rings. The molecule has 1 heterocycles. The Morgan fingerprint density at radius 2 is 1.86 bits per heavy atom. The van der Waals surface area contributed by atoms with Gasteiger partial charge in [-0.25, -0.2) is 4.99 Å². The molecule has 2 aromatic rings. The molecule has 1 aliphatic heterocycles. The van der Waals surface area contributed by atoms with Crippen molar-refractivity contribution >= 4 is 68.4 Å². The fourth-order valence-corrected chi connectivity index (χ4v) is 5.25. The Morgan fingerprint density at radius 1 is 1.19 bits per heavy atom. The van der Waals surface area contributed by atoms with Gasteiger partial charge in [0.2, 0.25) is 11.8 Å². The van der Waals surface area contributed by atoms with Crippen molar-refractivity contribution in [3.05, 3.63) is 52.0 Å². The van der Waals surface area contributed by atoms with Crippen LogP contribution in [0.15, 0.2) is 45.9 Å². The van der Waals surface area contributed by atoms with Crippen LogP contribution in [0.1, 0.15) is 49.1 Å². The number of hydrogen-bond acceptors (Lipinski definition) is 7. The first kappa shape index (κ1) is 26.2. The van der Waals surface area contributed by atoms with Gasteiger partial charge in [-0.3, -0.25) is 19.3 Å². The zero-order valence-corrected chi connectivity index (χ0v) is 22.8. The molecule has 36 heavy (non-hydrogen) atoms. The van der Waals surface area contributed by atoms with E-state index in [9.17, 15) is 14.4 Å². The van der Waals surface area contributed by atoms with Crippen molar-refractivity contribution in [3.63, 3.8) is 0 Å². The number of carbonyl (C=O) groups is 3. The van der Waals surface area contributed by atoms with Crippen LogP contribution >= 0.6 is 27.9 Å². The molecule has 0 atom stereocenters. The number of rotatable bonds is 10. The van der Waals surface area contributed by atoms with Gasteiger partial charge in [0.1, 0.15) is 5.71 Å². The molecule has 3 amide bonds. The van der Waals surface area contributed by atoms with Crippen molar-refractivity contribution in [3.8, 4) is 0 Å². The van der Waals surface area contributed by atoms with Crippen molar-refractivity contribution in [2.24, 2.45) is 4.99 Å². The number of amides is 3. The van der Waals surface area contributed by atoms with Crippen LogP contribution < -0.4 is 15.4 Å². The third-order valence-corrected chi connectivity index (χ3v) is 7.72. The standard InChI is InChI=1S/C26H30BrN5O3S/c1-29-26(35)25(30-18-8-6-17(27)7-9-18)20-14-19(16-4-5-16)22(15-21(20)28)32(36-2)13-3-12-31-23(33)10-11-24(31)34/h6-9,14-16H,3-5,10-13,28H2,1-2H3,(H,29,35). The molecule has 3 N–H and O–H groups in total. The van der Waals surface area contributed by atoms with Crippen molar-refractivity contribution in [2.75, 3.05) is 36.4 Å². The molecule has 2 aliphatic rings. The Labute approximate surface area is 224 Å². The van der Waals surface area contributed by atoms with Gasteiger partial charge in [-0.2, -0.15) is 0 Å². The summed E-state index contributed by atoms with van der Waals surface area (Å²) in [6, 6.07) is 11.4. The molecule has 2 aromatic carbocycles. The maximum absolute atomic E-state index is 12.8. The lowest BCUT2D eigenvalue weighted by Crippen LogP contribution is -2.32. The Morgan fingerprint density at radius 3 is 2.44 bits per heavy atom. The van der Waals surface area contributed by atoms with Gasteiger partial charge in [0, 0.05) is 55.0 Å². The number of nitrogen functional groups attached to an aromatic ring is 1. The zero-order valence-electron chi connectivity index (χ0n) is 20.4. The molecular formula is C26H30BrN5O3S. The number of carbonyl (C=O) groups excluding carboxylic acids is 3. The molecule has 0 aromatic heterocycles. The van der Waals surface area contributed by atoms with Gasteiger partial charge in [-0.05, 0) is 67.1 Å². The fourth-order valence-electron chi connectivity index (χ4n) is 4.31. The number of anilines is 2. The topological polar surface area (TPSA) is 108 Å². The average Bonchev–Trinajstić information content (AvgIpc) is 3.67. The highest BCUT2D eigenvalue weighted by Gasteiger charge is 2.31. The molecule has 8 nitrogen and oxygen atoms in total. The fraction of sp³-hybridized carbons (Fsp3) is 0.385. The number of imide groups is 1. The molecular weight excluding hydrogens is 542 g/mol. The minimum atomic E-state index is -0.305. The zero-order chi connectivity index (χ0) is 25.8. The van der Waals surface area contributed by atoms with Gasteiger partial charge in [-0.1, -0.05) is 27.9 Å². The number of hydrogen-bond donors (Lipinski definition) is 2. The van der Waals surface area contributed by atoms with E-state index in [1.807, 2.05) is 42.7 Å². The number of likely N-dealkylation sites (tertiary alicyclic amines) is 1. The minimum absolute atomic E-state index is 0.0882. The van der Waals surface area contributed by atoms with Crippen LogP contribution in [-0.2, 0) is 14.4 Å². The van der Waals surface area contributed by atoms with Crippen LogP contribution in [-0.4, -0.2) is 54.7 Å². The van der Waals surface area contributed by atoms with Crippen molar-refractivity contribution in [2.45, 2.75) is 38.0 Å². The molecule has 1 saturated heterocycles. The highest BCUT2D eigenvalue weighted by molar-refractivity contribution is 9.10. The van der Waals surface area contributed by atoms with Gasteiger partial charge < -0.3 is 15.4 Å². The lowest BCUT2D eigenvalue weighted by Gasteiger charge is -2.27. The molecule has 1 aliphatic carbocycles. The van der Waals surface area contributed by atoms with E-state index in [0.717, 1.165) is 28.6 Å². The average molecular weight is 573 g/mol. The van der Waals surface area contributed by atoms with Crippen molar-refractivity contribution in [1.82, 2.24) is 10.2 Å². The highest BCUT2D eigenvalue weighted by atomic mass is 79.9. The summed E-state index contributed by atoms with van der Waals surface area (Å²) in [5.41, 5.74) is 10.7. The summed E-state index contributed by atoms with van der Waals surface area (Å²) in [5.74, 6) is -0.0836. The van der Waals surface area contributed by atoms with Crippen molar-refractivity contribution < 1.29 is 14.4 Å². The van der Waals surface area contributed by atoms with Gasteiger partial charge >= 0.3 is 0 Å². The van der Waals surface area contributed by atoms with Crippen LogP contribution in [0.3, 0.4) is 0 Å². The second-order valence-electron chi connectivity index (χ2n) is 8.87. The maximum Gasteiger partial charge on any atom is 0.270 e. The van der Waals surface area contributed by atoms with Crippen LogP contribution in [0.4, 0.5) is 17.1 Å². The van der Waals surface area contributed by atoms with E-state index in [2.05, 4.69) is 30.5 Å². The molecule has 190 valence electrons. The van der Waals surface area contributed by atoms with Crippen LogP contribution in [0, 0.1) is 0 Å². The lowest BCUT2D eigenvalue weighted by atomic mass is 9.98. The third-order valence-electron chi connectivity index (χ3n) is 6.37. The summed E-state index contributed by atoms with van der Waals surface area (Å²) < 4.78 is 3.09. The molecule has 0 unspecified atom stereocenters. The van der Waals surface area contributed by atoms with E-state index >= 15 is 0 Å². The number of halogens is 1. The molecule has 1 saturated carbocycles. The molecule has 10 heteroatoms. The number of aliphatic imine (C=N–C) groups is 1. The van der Waals surface area contributed by atoms with E-state index in [0.29, 0.717) is 55.2 Å². The summed E-state index contributed by atoms with van der Waals surface area (Å²) in [6.07, 6.45) is 5.44. The van der Waals surface area contributed by atoms with Gasteiger partial charge in [0.05, 0.1) is 11.4 Å². The molecule has 0 bridgehead atoms. The smallest absolute Gasteiger partial charge is 0.270 e. The largest absolute Gasteiger partial charge is 0.398 e. The summed E-state index contributed by atoms with van der Waals surface area (Å²) in [5, 5.41) is 2.69. The van der Waals surface area contributed by atoms with Crippen molar-refractivity contribution in [1.29, 1.82) is 0 Å². The minimum Gasteiger partial charge on any atom is -0.398 e. The Kier molecular flexibility index (Phi) is 8.35. The van der Waals surface area contributed by atoms with E-state index in [1.165, 1.54) is 4.90 Å². The monoisotopic (exact) mass is 571 g/mol. The summed E-state index contributed by atoms with van der Waals surface area (Å²) >= 11 is 5.00.